The van der Waals surface area contributed by atoms with E-state index in [9.17, 15) is 13.2 Å². The van der Waals surface area contributed by atoms with Gasteiger partial charge in [-0.1, -0.05) is 13.8 Å². The molecule has 0 radical (unpaired) electrons. The van der Waals surface area contributed by atoms with Crippen LogP contribution in [0.4, 0.5) is 0 Å². The molecular weight excluding hydrogens is 232 g/mol. The van der Waals surface area contributed by atoms with Gasteiger partial charge >= 0.3 is 5.97 Å². The van der Waals surface area contributed by atoms with Crippen LogP contribution in [-0.2, 0) is 19.4 Å². The Bertz CT molecular complexity index is 340. The maximum atomic E-state index is 12.1. The minimum atomic E-state index is -3.65. The summed E-state index contributed by atoms with van der Waals surface area (Å²) in [5.74, 6) is -1.69. The number of carbonyl (C=O) groups is 1. The van der Waals surface area contributed by atoms with Gasteiger partial charge in [0.25, 0.3) is 0 Å². The van der Waals surface area contributed by atoms with Gasteiger partial charge in [0, 0.05) is 6.61 Å². The number of sulfone groups is 1. The lowest BCUT2D eigenvalue weighted by molar-refractivity contribution is -0.137. The van der Waals surface area contributed by atoms with Crippen molar-refractivity contribution in [2.24, 2.45) is 5.92 Å². The Labute approximate surface area is 95.7 Å². The summed E-state index contributed by atoms with van der Waals surface area (Å²) in [4.78, 5) is 11.0. The number of hydrogen-bond acceptors (Lipinski definition) is 4. The first-order valence-corrected chi connectivity index (χ1v) is 7.01. The molecule has 5 nitrogen and oxygen atoms in total. The van der Waals surface area contributed by atoms with Crippen LogP contribution in [0.5, 0.6) is 0 Å². The molecule has 0 aliphatic carbocycles. The van der Waals surface area contributed by atoms with E-state index in [1.54, 1.807) is 13.8 Å². The summed E-state index contributed by atoms with van der Waals surface area (Å²) in [6.07, 6.45) is 1.17. The lowest BCUT2D eigenvalue weighted by Crippen LogP contribution is -2.44. The first kappa shape index (κ1) is 13.4. The standard InChI is InChI=1S/C10H18O5S/c1-7(2)9(10(11)12)16(13,14)8-4-3-5-15-6-8/h7-9H,3-6H2,1-2H3,(H,11,12). The zero-order valence-electron chi connectivity index (χ0n) is 9.55. The second-order valence-electron chi connectivity index (χ2n) is 4.43. The van der Waals surface area contributed by atoms with Gasteiger partial charge in [-0.15, -0.1) is 0 Å². The summed E-state index contributed by atoms with van der Waals surface area (Å²) < 4.78 is 29.3. The summed E-state index contributed by atoms with van der Waals surface area (Å²) >= 11 is 0. The second-order valence-corrected chi connectivity index (χ2v) is 6.78. The molecule has 0 aromatic carbocycles. The number of aliphatic carboxylic acids is 1. The van der Waals surface area contributed by atoms with Crippen molar-refractivity contribution in [2.45, 2.75) is 37.2 Å². The third kappa shape index (κ3) is 2.74. The Hall–Kier alpha value is -0.620. The number of ether oxygens (including phenoxy) is 1. The van der Waals surface area contributed by atoms with Crippen LogP contribution in [0.3, 0.4) is 0 Å². The molecule has 1 aliphatic rings. The third-order valence-corrected chi connectivity index (χ3v) is 5.54. The van der Waals surface area contributed by atoms with Gasteiger partial charge in [-0.25, -0.2) is 8.42 Å². The van der Waals surface area contributed by atoms with Crippen LogP contribution in [0.15, 0.2) is 0 Å². The summed E-state index contributed by atoms with van der Waals surface area (Å²) in [6.45, 7) is 3.91. The van der Waals surface area contributed by atoms with E-state index in [2.05, 4.69) is 0 Å². The van der Waals surface area contributed by atoms with Crippen LogP contribution >= 0.6 is 0 Å². The topological polar surface area (TPSA) is 80.7 Å². The fourth-order valence-electron chi connectivity index (χ4n) is 1.98. The molecule has 0 aromatic rings. The van der Waals surface area contributed by atoms with Gasteiger partial charge < -0.3 is 9.84 Å². The van der Waals surface area contributed by atoms with Crippen molar-refractivity contribution in [3.05, 3.63) is 0 Å². The quantitative estimate of drug-likeness (QED) is 0.794. The van der Waals surface area contributed by atoms with Gasteiger partial charge in [0.05, 0.1) is 11.9 Å². The van der Waals surface area contributed by atoms with Crippen molar-refractivity contribution in [3.8, 4) is 0 Å². The highest BCUT2D eigenvalue weighted by molar-refractivity contribution is 7.93. The fourth-order valence-corrected chi connectivity index (χ4v) is 4.22. The molecule has 2 atom stereocenters. The van der Waals surface area contributed by atoms with Crippen molar-refractivity contribution in [1.82, 2.24) is 0 Å². The predicted octanol–water partition coefficient (Wildman–Crippen LogP) is 0.689. The van der Waals surface area contributed by atoms with Crippen molar-refractivity contribution in [1.29, 1.82) is 0 Å². The molecular formula is C10H18O5S. The Morgan fingerprint density at radius 3 is 2.44 bits per heavy atom. The second kappa shape index (κ2) is 5.14. The van der Waals surface area contributed by atoms with Gasteiger partial charge in [-0.2, -0.15) is 0 Å². The molecule has 6 heteroatoms. The van der Waals surface area contributed by atoms with Gasteiger partial charge in [-0.05, 0) is 18.8 Å². The van der Waals surface area contributed by atoms with Crippen molar-refractivity contribution in [2.75, 3.05) is 13.2 Å². The summed E-state index contributed by atoms with van der Waals surface area (Å²) in [7, 11) is -3.65. The van der Waals surface area contributed by atoms with Gasteiger partial charge in [0.15, 0.2) is 15.1 Å². The zero-order chi connectivity index (χ0) is 12.3. The Morgan fingerprint density at radius 2 is 2.06 bits per heavy atom. The van der Waals surface area contributed by atoms with Gasteiger partial charge in [0.2, 0.25) is 0 Å². The maximum Gasteiger partial charge on any atom is 0.322 e. The van der Waals surface area contributed by atoms with E-state index < -0.39 is 32.2 Å². The van der Waals surface area contributed by atoms with Crippen molar-refractivity contribution >= 4 is 15.8 Å². The molecule has 0 bridgehead atoms. The smallest absolute Gasteiger partial charge is 0.322 e. The fraction of sp³-hybridized carbons (Fsp3) is 0.900. The molecule has 1 N–H and O–H groups in total. The molecule has 0 spiro atoms. The maximum absolute atomic E-state index is 12.1. The highest BCUT2D eigenvalue weighted by Crippen LogP contribution is 2.23. The normalized spacial score (nSPS) is 24.3. The molecule has 94 valence electrons. The van der Waals surface area contributed by atoms with E-state index in [0.29, 0.717) is 19.4 Å². The molecule has 0 amide bonds. The molecule has 16 heavy (non-hydrogen) atoms. The number of rotatable bonds is 4. The third-order valence-electron chi connectivity index (χ3n) is 2.79. The molecule has 0 saturated carbocycles. The molecule has 2 unspecified atom stereocenters. The van der Waals surface area contributed by atoms with Crippen molar-refractivity contribution < 1.29 is 23.1 Å². The molecule has 1 aliphatic heterocycles. The first-order chi connectivity index (χ1) is 7.37. The van der Waals surface area contributed by atoms with E-state index in [-0.39, 0.29) is 6.61 Å². The Morgan fingerprint density at radius 1 is 1.44 bits per heavy atom. The predicted molar refractivity (Wildman–Crippen MR) is 59.0 cm³/mol. The minimum Gasteiger partial charge on any atom is -0.480 e. The summed E-state index contributed by atoms with van der Waals surface area (Å²) in [5, 5.41) is 7.01. The average Bonchev–Trinajstić information content (AvgIpc) is 2.17. The van der Waals surface area contributed by atoms with E-state index in [1.165, 1.54) is 0 Å². The van der Waals surface area contributed by atoms with E-state index >= 15 is 0 Å². The molecule has 1 heterocycles. The lowest BCUT2D eigenvalue weighted by Gasteiger charge is -2.26. The molecule has 1 rings (SSSR count). The average molecular weight is 250 g/mol. The number of carboxylic acids is 1. The van der Waals surface area contributed by atoms with Crippen LogP contribution in [0.25, 0.3) is 0 Å². The zero-order valence-corrected chi connectivity index (χ0v) is 10.4. The van der Waals surface area contributed by atoms with Crippen molar-refractivity contribution in [3.63, 3.8) is 0 Å². The van der Waals surface area contributed by atoms with Crippen LogP contribution in [0.2, 0.25) is 0 Å². The number of carboxylic acid groups (broad SMARTS) is 1. The lowest BCUT2D eigenvalue weighted by atomic mass is 10.1. The van der Waals surface area contributed by atoms with E-state index in [4.69, 9.17) is 9.84 Å². The van der Waals surface area contributed by atoms with Crippen LogP contribution < -0.4 is 0 Å². The Balaban J connectivity index is 2.93. The van der Waals surface area contributed by atoms with E-state index in [0.717, 1.165) is 0 Å². The highest BCUT2D eigenvalue weighted by Gasteiger charge is 2.41. The van der Waals surface area contributed by atoms with Gasteiger partial charge in [-0.3, -0.25) is 4.79 Å². The first-order valence-electron chi connectivity index (χ1n) is 5.40. The van der Waals surface area contributed by atoms with E-state index in [1.807, 2.05) is 0 Å². The molecule has 1 saturated heterocycles. The molecule has 1 fully saturated rings. The SMILES string of the molecule is CC(C)C(C(=O)O)S(=O)(=O)C1CCCOC1. The monoisotopic (exact) mass is 250 g/mol. The van der Waals surface area contributed by atoms with Crippen LogP contribution in [0.1, 0.15) is 26.7 Å². The highest BCUT2D eigenvalue weighted by atomic mass is 32.2. The number of hydrogen-bond donors (Lipinski definition) is 1. The summed E-state index contributed by atoms with van der Waals surface area (Å²) in [5.41, 5.74) is 0. The van der Waals surface area contributed by atoms with Gasteiger partial charge in [0.1, 0.15) is 0 Å². The Kier molecular flexibility index (Phi) is 4.32. The molecule has 0 aromatic heterocycles. The minimum absolute atomic E-state index is 0.124. The van der Waals surface area contributed by atoms with Crippen LogP contribution in [0, 0.1) is 5.92 Å². The summed E-state index contributed by atoms with van der Waals surface area (Å²) in [6, 6.07) is 0. The largest absolute Gasteiger partial charge is 0.480 e. The van der Waals surface area contributed by atoms with Crippen LogP contribution in [-0.4, -0.2) is 43.2 Å².